The number of piperidine rings is 1. The van der Waals surface area contributed by atoms with Crippen molar-refractivity contribution in [1.29, 1.82) is 0 Å². The smallest absolute Gasteiger partial charge is 0.416 e. The molecule has 1 heterocycles. The average Bonchev–Trinajstić information content (AvgIpc) is 2.70. The van der Waals surface area contributed by atoms with Crippen molar-refractivity contribution in [3.63, 3.8) is 0 Å². The van der Waals surface area contributed by atoms with Crippen molar-refractivity contribution in [1.82, 2.24) is 4.90 Å². The summed E-state index contributed by atoms with van der Waals surface area (Å²) in [5, 5.41) is 17.0. The van der Waals surface area contributed by atoms with Gasteiger partial charge in [0, 0.05) is 12.6 Å². The van der Waals surface area contributed by atoms with Gasteiger partial charge in [-0.3, -0.25) is 4.90 Å². The third kappa shape index (κ3) is 7.16. The highest BCUT2D eigenvalue weighted by Gasteiger charge is 2.30. The molecular weight excluding hydrogens is 401 g/mol. The summed E-state index contributed by atoms with van der Waals surface area (Å²) in [6.07, 6.45) is -2.43. The zero-order chi connectivity index (χ0) is 22.3. The van der Waals surface area contributed by atoms with E-state index in [0.717, 1.165) is 38.1 Å². The van der Waals surface area contributed by atoms with Gasteiger partial charge >= 0.3 is 18.1 Å². The molecule has 1 saturated heterocycles. The van der Waals surface area contributed by atoms with Crippen molar-refractivity contribution in [2.45, 2.75) is 31.6 Å². The van der Waals surface area contributed by atoms with E-state index in [4.69, 9.17) is 15.9 Å². The minimum atomic E-state index is -4.26. The minimum Gasteiger partial charge on any atom is -0.478 e. The number of carbonyl (C=O) groups is 2. The second-order valence-corrected chi connectivity index (χ2v) is 7.00. The Kier molecular flexibility index (Phi) is 7.96. The fraction of sp³-hybridized carbons (Fsp3) is 0.333. The Hall–Kier alpha value is -2.91. The van der Waals surface area contributed by atoms with Crippen molar-refractivity contribution >= 4 is 11.9 Å². The molecule has 0 saturated carbocycles. The quantitative estimate of drug-likeness (QED) is 0.691. The number of likely N-dealkylation sites (tertiary alicyclic amines) is 1. The van der Waals surface area contributed by atoms with E-state index >= 15 is 0 Å². The van der Waals surface area contributed by atoms with Gasteiger partial charge < -0.3 is 15.9 Å². The number of benzene rings is 2. The molecule has 4 N–H and O–H groups in total. The predicted octanol–water partition coefficient (Wildman–Crippen LogP) is 3.71. The lowest BCUT2D eigenvalue weighted by Crippen LogP contribution is -2.39. The minimum absolute atomic E-state index is 0.0186. The molecule has 1 aliphatic rings. The number of carboxylic acid groups (broad SMARTS) is 2. The van der Waals surface area contributed by atoms with Gasteiger partial charge in [0.05, 0.1) is 16.7 Å². The highest BCUT2D eigenvalue weighted by molar-refractivity contribution is 5.93. The van der Waals surface area contributed by atoms with Crippen molar-refractivity contribution in [2.24, 2.45) is 5.73 Å². The SMILES string of the molecule is NC1CCN(Cc2cccc(C(F)(F)F)c2)CC1.O=C(O)c1cccc(C(=O)O)c1. The molecule has 30 heavy (non-hydrogen) atoms. The molecule has 2 aromatic rings. The van der Waals surface area contributed by atoms with Crippen LogP contribution in [0.1, 0.15) is 44.7 Å². The predicted molar refractivity (Wildman–Crippen MR) is 104 cm³/mol. The van der Waals surface area contributed by atoms with Gasteiger partial charge in [-0.15, -0.1) is 0 Å². The van der Waals surface area contributed by atoms with Gasteiger partial charge in [-0.2, -0.15) is 13.2 Å². The molecule has 0 bridgehead atoms. The maximum Gasteiger partial charge on any atom is 0.416 e. The third-order valence-electron chi connectivity index (χ3n) is 4.65. The van der Waals surface area contributed by atoms with Crippen molar-refractivity contribution < 1.29 is 33.0 Å². The molecule has 0 amide bonds. The molecule has 0 atom stereocenters. The second-order valence-electron chi connectivity index (χ2n) is 7.00. The monoisotopic (exact) mass is 424 g/mol. The number of aromatic carboxylic acids is 2. The summed E-state index contributed by atoms with van der Waals surface area (Å²) in [7, 11) is 0. The number of nitrogens with zero attached hydrogens (tertiary/aromatic N) is 1. The molecule has 0 unspecified atom stereocenters. The molecule has 162 valence electrons. The van der Waals surface area contributed by atoms with Crippen LogP contribution in [0.25, 0.3) is 0 Å². The van der Waals surface area contributed by atoms with E-state index < -0.39 is 23.7 Å². The van der Waals surface area contributed by atoms with Crippen LogP contribution in [0, 0.1) is 0 Å². The van der Waals surface area contributed by atoms with Crippen LogP contribution in [0.15, 0.2) is 48.5 Å². The Morgan fingerprint density at radius 2 is 1.50 bits per heavy atom. The van der Waals surface area contributed by atoms with Crippen LogP contribution < -0.4 is 5.73 Å². The van der Waals surface area contributed by atoms with E-state index in [2.05, 4.69) is 4.90 Å². The lowest BCUT2D eigenvalue weighted by atomic mass is 10.0. The Morgan fingerprint density at radius 1 is 0.967 bits per heavy atom. The molecule has 1 aliphatic heterocycles. The van der Waals surface area contributed by atoms with E-state index in [1.165, 1.54) is 30.3 Å². The van der Waals surface area contributed by atoms with Gasteiger partial charge in [-0.05, 0) is 55.8 Å². The summed E-state index contributed by atoms with van der Waals surface area (Å²) < 4.78 is 37.7. The Balaban J connectivity index is 0.000000232. The number of nitrogens with two attached hydrogens (primary N) is 1. The van der Waals surface area contributed by atoms with Crippen LogP contribution in [0.2, 0.25) is 0 Å². The standard InChI is InChI=1S/C13H17F3N2.C8H6O4/c14-13(15,16)11-3-1-2-10(8-11)9-18-6-4-12(17)5-7-18;9-7(10)5-2-1-3-6(4-5)8(11)12/h1-3,8,12H,4-7,9,17H2;1-4H,(H,9,10)(H,11,12). The zero-order valence-corrected chi connectivity index (χ0v) is 16.1. The van der Waals surface area contributed by atoms with E-state index in [-0.39, 0.29) is 17.2 Å². The average molecular weight is 424 g/mol. The molecule has 2 aromatic carbocycles. The molecule has 6 nitrogen and oxygen atoms in total. The molecule has 3 rings (SSSR count). The summed E-state index contributed by atoms with van der Waals surface area (Å²) in [5.41, 5.74) is 5.89. The van der Waals surface area contributed by atoms with Gasteiger partial charge in [0.2, 0.25) is 0 Å². The van der Waals surface area contributed by atoms with Gasteiger partial charge in [-0.1, -0.05) is 24.3 Å². The number of rotatable bonds is 4. The first-order chi connectivity index (χ1) is 14.1. The zero-order valence-electron chi connectivity index (χ0n) is 16.1. The fourth-order valence-electron chi connectivity index (χ4n) is 3.00. The number of hydrogen-bond acceptors (Lipinski definition) is 4. The van der Waals surface area contributed by atoms with Crippen molar-refractivity contribution in [3.05, 3.63) is 70.8 Å². The van der Waals surface area contributed by atoms with E-state index in [9.17, 15) is 22.8 Å². The van der Waals surface area contributed by atoms with E-state index in [1.54, 1.807) is 6.07 Å². The fourth-order valence-corrected chi connectivity index (χ4v) is 3.00. The van der Waals surface area contributed by atoms with Gasteiger partial charge in [0.25, 0.3) is 0 Å². The first-order valence-corrected chi connectivity index (χ1v) is 9.27. The highest BCUT2D eigenvalue weighted by Crippen LogP contribution is 2.29. The van der Waals surface area contributed by atoms with Crippen LogP contribution in [0.4, 0.5) is 13.2 Å². The van der Waals surface area contributed by atoms with Crippen LogP contribution in [-0.4, -0.2) is 46.2 Å². The molecular formula is C21H23F3N2O4. The topological polar surface area (TPSA) is 104 Å². The number of alkyl halides is 3. The van der Waals surface area contributed by atoms with Crippen LogP contribution in [-0.2, 0) is 12.7 Å². The molecule has 0 aliphatic carbocycles. The molecule has 0 spiro atoms. The van der Waals surface area contributed by atoms with Gasteiger partial charge in [0.1, 0.15) is 0 Å². The third-order valence-corrected chi connectivity index (χ3v) is 4.65. The molecule has 0 aromatic heterocycles. The lowest BCUT2D eigenvalue weighted by Gasteiger charge is -2.30. The summed E-state index contributed by atoms with van der Waals surface area (Å²) >= 11 is 0. The summed E-state index contributed by atoms with van der Waals surface area (Å²) in [6.45, 7) is 2.28. The second kappa shape index (κ2) is 10.2. The lowest BCUT2D eigenvalue weighted by molar-refractivity contribution is -0.137. The van der Waals surface area contributed by atoms with Crippen molar-refractivity contribution in [2.75, 3.05) is 13.1 Å². The number of hydrogen-bond donors (Lipinski definition) is 3. The molecule has 0 radical (unpaired) electrons. The highest BCUT2D eigenvalue weighted by atomic mass is 19.4. The van der Waals surface area contributed by atoms with Crippen molar-refractivity contribution in [3.8, 4) is 0 Å². The Morgan fingerprint density at radius 3 is 2.00 bits per heavy atom. The first-order valence-electron chi connectivity index (χ1n) is 9.27. The van der Waals surface area contributed by atoms with Gasteiger partial charge in [-0.25, -0.2) is 9.59 Å². The summed E-state index contributed by atoms with van der Waals surface area (Å²) in [4.78, 5) is 22.9. The van der Waals surface area contributed by atoms with Crippen LogP contribution in [0.5, 0.6) is 0 Å². The maximum absolute atomic E-state index is 12.6. The molecule has 9 heteroatoms. The maximum atomic E-state index is 12.6. The van der Waals surface area contributed by atoms with E-state index in [0.29, 0.717) is 12.1 Å². The van der Waals surface area contributed by atoms with Crippen LogP contribution in [0.3, 0.4) is 0 Å². The van der Waals surface area contributed by atoms with E-state index in [1.807, 2.05) is 0 Å². The number of halogens is 3. The largest absolute Gasteiger partial charge is 0.478 e. The Labute approximate surface area is 171 Å². The first kappa shape index (κ1) is 23.4. The van der Waals surface area contributed by atoms with Crippen LogP contribution >= 0.6 is 0 Å². The summed E-state index contributed by atoms with van der Waals surface area (Å²) in [5.74, 6) is -2.25. The normalized spacial score (nSPS) is 15.2. The molecule has 1 fully saturated rings. The van der Waals surface area contributed by atoms with Gasteiger partial charge in [0.15, 0.2) is 0 Å². The summed E-state index contributed by atoms with van der Waals surface area (Å²) in [6, 6.07) is 11.0. The Bertz CT molecular complexity index is 849. The number of carboxylic acids is 2.